The maximum atomic E-state index is 15.1. The Hall–Kier alpha value is -4.54. The Morgan fingerprint density at radius 2 is 1.63 bits per heavy atom. The lowest BCUT2D eigenvalue weighted by Gasteiger charge is -2.68. The van der Waals surface area contributed by atoms with Gasteiger partial charge in [0, 0.05) is 49.0 Å². The first-order valence-electron chi connectivity index (χ1n) is 19.8. The van der Waals surface area contributed by atoms with Crippen LogP contribution in [0.5, 0.6) is 0 Å². The molecule has 0 aromatic heterocycles. The van der Waals surface area contributed by atoms with Crippen LogP contribution in [0.1, 0.15) is 96.6 Å². The van der Waals surface area contributed by atoms with Crippen LogP contribution >= 0.6 is 0 Å². The second-order valence-electron chi connectivity index (χ2n) is 18.0. The average Bonchev–Trinajstić information content (AvgIpc) is 3.16. The maximum Gasteiger partial charge on any atom is 0.408 e. The van der Waals surface area contributed by atoms with Crippen molar-refractivity contribution in [1.82, 2.24) is 5.32 Å². The molecule has 11 atom stereocenters. The molecule has 6 unspecified atom stereocenters. The maximum absolute atomic E-state index is 15.1. The van der Waals surface area contributed by atoms with E-state index >= 15 is 4.79 Å². The Morgan fingerprint density at radius 1 is 1.02 bits per heavy atom. The number of ether oxygens (including phenoxy) is 4. The second-order valence-corrected chi connectivity index (χ2v) is 18.0. The second kappa shape index (κ2) is 15.8. The zero-order valence-corrected chi connectivity index (χ0v) is 34.5. The van der Waals surface area contributed by atoms with E-state index in [0.717, 1.165) is 6.92 Å². The van der Waals surface area contributed by atoms with Crippen molar-refractivity contribution in [3.8, 4) is 0 Å². The highest BCUT2D eigenvalue weighted by Crippen LogP contribution is 2.66. The monoisotopic (exact) mass is 823 g/mol. The van der Waals surface area contributed by atoms with Gasteiger partial charge in [-0.2, -0.15) is 4.94 Å². The van der Waals surface area contributed by atoms with E-state index in [0.29, 0.717) is 5.56 Å². The Morgan fingerprint density at radius 3 is 2.17 bits per heavy atom. The molecule has 4 N–H and O–H groups in total. The number of aliphatic hydroxyl groups excluding tert-OH is 2. The number of alkyl carbamates (subject to hydrolysis) is 1. The van der Waals surface area contributed by atoms with E-state index in [2.05, 4.69) is 10.3 Å². The molecule has 6 rings (SSSR count). The summed E-state index contributed by atoms with van der Waals surface area (Å²) in [5, 5.41) is 40.0. The standard InChI is InChI=1S/C44H54FNO13/c1-23-29(56-38(52)35(50)33(26-17-13-10-14-18-26)46-39(53)58-40(3,4)5)21-44(54)27(19-28(48)25-15-11-9-12-16-25)36-42(8,37(51)34(49)32(23)41(44,6)7)30(59-45)20-31-43(36,22-55-31)57-24(2)47/h9-18,27,29-31,33-36,49-50,54H,19-22H2,1-8H3,(H,46,53)/t27-,29-,30?,31?,33-,34?,35+,36?,42?,43-,44?/m0/s1. The summed E-state index contributed by atoms with van der Waals surface area (Å²) in [6, 6.07) is 15.0. The van der Waals surface area contributed by atoms with Crippen molar-refractivity contribution in [3.63, 3.8) is 0 Å². The molecule has 320 valence electrons. The summed E-state index contributed by atoms with van der Waals surface area (Å²) in [6.45, 7) is 11.9. The molecule has 1 aliphatic heterocycles. The molecule has 2 bridgehead atoms. The molecular weight excluding hydrogens is 769 g/mol. The van der Waals surface area contributed by atoms with Crippen molar-refractivity contribution in [2.75, 3.05) is 6.61 Å². The molecule has 0 radical (unpaired) electrons. The predicted octanol–water partition coefficient (Wildman–Crippen LogP) is 4.83. The number of Topliss-reactive ketones (excluding diaryl/α,β-unsaturated/α-hetero) is 2. The smallest absolute Gasteiger partial charge is 0.408 e. The minimum Gasteiger partial charge on any atom is -0.456 e. The fourth-order valence-electron chi connectivity index (χ4n) is 10.3. The highest BCUT2D eigenvalue weighted by atomic mass is 19.3. The molecule has 59 heavy (non-hydrogen) atoms. The molecule has 3 aliphatic carbocycles. The van der Waals surface area contributed by atoms with E-state index in [4.69, 9.17) is 18.9 Å². The van der Waals surface area contributed by atoms with Crippen LogP contribution in [0.4, 0.5) is 9.32 Å². The van der Waals surface area contributed by atoms with Gasteiger partial charge in [0.2, 0.25) is 0 Å². The van der Waals surface area contributed by atoms with Crippen molar-refractivity contribution < 1.29 is 67.7 Å². The van der Waals surface area contributed by atoms with Crippen LogP contribution in [0.25, 0.3) is 0 Å². The first kappa shape index (κ1) is 44.0. The van der Waals surface area contributed by atoms with E-state index in [1.54, 1.807) is 95.3 Å². The van der Waals surface area contributed by atoms with Crippen LogP contribution in [0.2, 0.25) is 0 Å². The first-order chi connectivity index (χ1) is 27.5. The molecule has 1 saturated heterocycles. The van der Waals surface area contributed by atoms with Gasteiger partial charge in [0.05, 0.1) is 23.7 Å². The number of hydrogen-bond donors (Lipinski definition) is 4. The Bertz CT molecular complexity index is 2000. The number of hydrogen-bond acceptors (Lipinski definition) is 13. The number of carbonyl (C=O) groups excluding carboxylic acids is 5. The minimum atomic E-state index is -2.20. The summed E-state index contributed by atoms with van der Waals surface area (Å²) in [6.07, 6.45) is -10.2. The van der Waals surface area contributed by atoms with E-state index in [1.165, 1.54) is 13.8 Å². The number of amides is 1. The van der Waals surface area contributed by atoms with E-state index in [1.807, 2.05) is 0 Å². The number of halogens is 1. The summed E-state index contributed by atoms with van der Waals surface area (Å²) < 4.78 is 38.2. The Balaban J connectivity index is 1.50. The molecule has 15 heteroatoms. The van der Waals surface area contributed by atoms with Crippen molar-refractivity contribution in [1.29, 1.82) is 0 Å². The van der Waals surface area contributed by atoms with Gasteiger partial charge >= 0.3 is 18.0 Å². The number of aliphatic hydroxyl groups is 3. The highest BCUT2D eigenvalue weighted by Gasteiger charge is 2.77. The van der Waals surface area contributed by atoms with Gasteiger partial charge in [0.25, 0.3) is 0 Å². The third-order valence-electron chi connectivity index (χ3n) is 13.1. The fourth-order valence-corrected chi connectivity index (χ4v) is 10.3. The largest absolute Gasteiger partial charge is 0.456 e. The van der Waals surface area contributed by atoms with Gasteiger partial charge in [-0.25, -0.2) is 9.59 Å². The Labute approximate surface area is 342 Å². The van der Waals surface area contributed by atoms with Gasteiger partial charge in [0.1, 0.15) is 30.0 Å². The van der Waals surface area contributed by atoms with E-state index in [9.17, 15) is 39.0 Å². The summed E-state index contributed by atoms with van der Waals surface area (Å²) in [5.74, 6) is -6.17. The topological polar surface area (TPSA) is 204 Å². The molecule has 1 amide bonds. The van der Waals surface area contributed by atoms with Crippen LogP contribution in [-0.2, 0) is 38.3 Å². The number of rotatable bonds is 10. The molecule has 2 saturated carbocycles. The average molecular weight is 824 g/mol. The number of carbonyl (C=O) groups is 5. The summed E-state index contributed by atoms with van der Waals surface area (Å²) in [5.41, 5.74) is -7.68. The predicted molar refractivity (Wildman–Crippen MR) is 207 cm³/mol. The van der Waals surface area contributed by atoms with Crippen molar-refractivity contribution in [2.45, 2.75) is 128 Å². The third kappa shape index (κ3) is 7.49. The molecule has 3 fully saturated rings. The number of benzene rings is 2. The van der Waals surface area contributed by atoms with Crippen molar-refractivity contribution in [3.05, 3.63) is 82.9 Å². The van der Waals surface area contributed by atoms with Gasteiger partial charge < -0.3 is 39.6 Å². The van der Waals surface area contributed by atoms with Gasteiger partial charge in [-0.1, -0.05) is 74.5 Å². The van der Waals surface area contributed by atoms with Crippen molar-refractivity contribution >= 4 is 29.6 Å². The quantitative estimate of drug-likeness (QED) is 0.110. The lowest BCUT2D eigenvalue weighted by molar-refractivity contribution is -0.360. The van der Waals surface area contributed by atoms with Gasteiger partial charge in [-0.05, 0) is 55.9 Å². The highest BCUT2D eigenvalue weighted by molar-refractivity contribution is 5.97. The van der Waals surface area contributed by atoms with Gasteiger partial charge in [0.15, 0.2) is 23.3 Å². The minimum absolute atomic E-state index is 0.0435. The number of esters is 2. The molecule has 4 aliphatic rings. The molecule has 1 heterocycles. The van der Waals surface area contributed by atoms with E-state index < -0.39 is 118 Å². The SMILES string of the molecule is CC(=O)O[C@@]12COC1CC(OF)C1(C)C(=O)C(O)C3=C(C)[C@@H](OC(=O)[C@H](O)[C@@H](NC(=O)OC(C)(C)C)c4ccccc4)CC(O)([C@@H](CC(=O)c4ccccc4)C12)C3(C)C. The Kier molecular flexibility index (Phi) is 11.8. The van der Waals surface area contributed by atoms with Crippen LogP contribution in [0.3, 0.4) is 0 Å². The lowest BCUT2D eigenvalue weighted by atomic mass is 9.42. The molecule has 2 aromatic rings. The zero-order valence-electron chi connectivity index (χ0n) is 34.5. The number of fused-ring (bicyclic) bond motifs is 5. The zero-order chi connectivity index (χ0) is 43.5. The first-order valence-corrected chi connectivity index (χ1v) is 19.8. The van der Waals surface area contributed by atoms with Crippen molar-refractivity contribution in [2.24, 2.45) is 22.7 Å². The van der Waals surface area contributed by atoms with Crippen LogP contribution in [-0.4, -0.2) is 98.8 Å². The summed E-state index contributed by atoms with van der Waals surface area (Å²) in [7, 11) is 0. The third-order valence-corrected chi connectivity index (χ3v) is 13.1. The van der Waals surface area contributed by atoms with Crippen LogP contribution in [0.15, 0.2) is 71.8 Å². The molecule has 14 nitrogen and oxygen atoms in total. The molecular formula is C44H54FNO13. The molecule has 2 aromatic carbocycles. The van der Waals surface area contributed by atoms with E-state index in [-0.39, 0.29) is 29.7 Å². The van der Waals surface area contributed by atoms with Gasteiger partial charge in [-0.15, -0.1) is 0 Å². The number of nitrogens with one attached hydrogen (secondary N) is 1. The van der Waals surface area contributed by atoms with Gasteiger partial charge in [-0.3, -0.25) is 14.4 Å². The molecule has 0 spiro atoms. The number of ketones is 2. The lowest BCUT2D eigenvalue weighted by Crippen LogP contribution is -2.80. The van der Waals surface area contributed by atoms with Crippen LogP contribution < -0.4 is 5.32 Å². The van der Waals surface area contributed by atoms with Crippen LogP contribution in [0, 0.1) is 22.7 Å². The summed E-state index contributed by atoms with van der Waals surface area (Å²) >= 11 is 0. The normalized spacial score (nSPS) is 33.4. The summed E-state index contributed by atoms with van der Waals surface area (Å²) in [4.78, 5) is 73.9. The fraction of sp³-hybridized carbons (Fsp3) is 0.568.